The zero-order chi connectivity index (χ0) is 19.0. The molecule has 27 heavy (non-hydrogen) atoms. The van der Waals surface area contributed by atoms with Crippen LogP contribution in [0.4, 0.5) is 5.69 Å². The molecule has 0 saturated carbocycles. The smallest absolute Gasteiger partial charge is 0.256 e. The first-order valence-electron chi connectivity index (χ1n) is 8.26. The summed E-state index contributed by atoms with van der Waals surface area (Å²) in [7, 11) is 1.79. The van der Waals surface area contributed by atoms with Crippen molar-refractivity contribution >= 4 is 22.6 Å². The van der Waals surface area contributed by atoms with Gasteiger partial charge in [0.25, 0.3) is 5.91 Å². The molecule has 0 fully saturated rings. The monoisotopic (exact) mass is 357 g/mol. The van der Waals surface area contributed by atoms with Crippen LogP contribution in [0.3, 0.4) is 0 Å². The number of hydrogen-bond acceptors (Lipinski definition) is 5. The number of furan rings is 1. The molecule has 1 amide bonds. The molecule has 0 bridgehead atoms. The van der Waals surface area contributed by atoms with Gasteiger partial charge in [-0.25, -0.2) is 4.98 Å². The topological polar surface area (TPSA) is 96.7 Å². The van der Waals surface area contributed by atoms with E-state index in [2.05, 4.69) is 21.5 Å². The van der Waals surface area contributed by atoms with Crippen LogP contribution in [0, 0.1) is 18.3 Å². The van der Waals surface area contributed by atoms with Gasteiger partial charge in [0, 0.05) is 12.7 Å². The summed E-state index contributed by atoms with van der Waals surface area (Å²) in [4.78, 5) is 17.6. The SMILES string of the molecule is Cc1nn(C)c2nc(-c3ccco3)cc(C(=O)Nc3ccc(C#N)cc3)c12. The zero-order valence-corrected chi connectivity index (χ0v) is 14.7. The molecule has 0 saturated heterocycles. The first-order valence-corrected chi connectivity index (χ1v) is 8.26. The number of fused-ring (bicyclic) bond motifs is 1. The Bertz CT molecular complexity index is 1180. The lowest BCUT2D eigenvalue weighted by Gasteiger charge is -2.08. The van der Waals surface area contributed by atoms with Crippen molar-refractivity contribution in [1.29, 1.82) is 5.26 Å². The lowest BCUT2D eigenvalue weighted by molar-refractivity contribution is 0.102. The summed E-state index contributed by atoms with van der Waals surface area (Å²) >= 11 is 0. The number of aryl methyl sites for hydroxylation is 2. The molecule has 0 aliphatic heterocycles. The van der Waals surface area contributed by atoms with Crippen molar-refractivity contribution in [1.82, 2.24) is 14.8 Å². The van der Waals surface area contributed by atoms with Crippen molar-refractivity contribution in [3.63, 3.8) is 0 Å². The van der Waals surface area contributed by atoms with Crippen molar-refractivity contribution in [3.05, 3.63) is 65.5 Å². The van der Waals surface area contributed by atoms with Gasteiger partial charge in [0.2, 0.25) is 0 Å². The number of amides is 1. The third-order valence-electron chi connectivity index (χ3n) is 4.26. The second kappa shape index (κ2) is 6.42. The molecule has 1 N–H and O–H groups in total. The molecule has 3 heterocycles. The Morgan fingerprint density at radius 2 is 2.04 bits per heavy atom. The molecule has 132 valence electrons. The van der Waals surface area contributed by atoms with E-state index in [0.717, 1.165) is 5.69 Å². The van der Waals surface area contributed by atoms with Crippen LogP contribution in [-0.2, 0) is 7.05 Å². The molecular formula is C20H15N5O2. The number of aromatic nitrogens is 3. The third-order valence-corrected chi connectivity index (χ3v) is 4.26. The van der Waals surface area contributed by atoms with Crippen molar-refractivity contribution < 1.29 is 9.21 Å². The van der Waals surface area contributed by atoms with Gasteiger partial charge in [-0.15, -0.1) is 0 Å². The molecule has 7 nitrogen and oxygen atoms in total. The molecule has 0 atom stereocenters. The predicted molar refractivity (Wildman–Crippen MR) is 100 cm³/mol. The summed E-state index contributed by atoms with van der Waals surface area (Å²) in [5.41, 5.74) is 3.47. The van der Waals surface area contributed by atoms with Crippen molar-refractivity contribution in [2.24, 2.45) is 7.05 Å². The molecule has 0 aliphatic carbocycles. The van der Waals surface area contributed by atoms with E-state index in [9.17, 15) is 4.79 Å². The van der Waals surface area contributed by atoms with Gasteiger partial charge in [0.05, 0.1) is 34.5 Å². The fraction of sp³-hybridized carbons (Fsp3) is 0.100. The average molecular weight is 357 g/mol. The second-order valence-electron chi connectivity index (χ2n) is 6.08. The van der Waals surface area contributed by atoms with Crippen molar-refractivity contribution in [3.8, 4) is 17.5 Å². The molecule has 4 aromatic rings. The van der Waals surface area contributed by atoms with E-state index in [1.54, 1.807) is 60.5 Å². The van der Waals surface area contributed by atoms with Gasteiger partial charge in [-0.2, -0.15) is 10.4 Å². The number of nitriles is 1. The lowest BCUT2D eigenvalue weighted by Crippen LogP contribution is -2.13. The van der Waals surface area contributed by atoms with Crippen LogP contribution >= 0.6 is 0 Å². The van der Waals surface area contributed by atoms with Gasteiger partial charge >= 0.3 is 0 Å². The van der Waals surface area contributed by atoms with Gasteiger partial charge in [0.1, 0.15) is 5.69 Å². The Balaban J connectivity index is 1.81. The average Bonchev–Trinajstić information content (AvgIpc) is 3.30. The van der Waals surface area contributed by atoms with Crippen LogP contribution < -0.4 is 5.32 Å². The summed E-state index contributed by atoms with van der Waals surface area (Å²) in [5, 5.41) is 16.9. The lowest BCUT2D eigenvalue weighted by atomic mass is 10.1. The Kier molecular flexibility index (Phi) is 3.94. The fourth-order valence-corrected chi connectivity index (χ4v) is 3.00. The number of pyridine rings is 1. The second-order valence-corrected chi connectivity index (χ2v) is 6.08. The predicted octanol–water partition coefficient (Wildman–Crippen LogP) is 3.66. The normalized spacial score (nSPS) is 10.7. The summed E-state index contributed by atoms with van der Waals surface area (Å²) < 4.78 is 7.09. The first kappa shape index (κ1) is 16.5. The highest BCUT2D eigenvalue weighted by molar-refractivity contribution is 6.13. The van der Waals surface area contributed by atoms with Gasteiger partial charge in [-0.05, 0) is 49.4 Å². The molecule has 0 unspecified atom stereocenters. The van der Waals surface area contributed by atoms with Gasteiger partial charge in [-0.3, -0.25) is 9.48 Å². The van der Waals surface area contributed by atoms with Crippen LogP contribution in [0.15, 0.2) is 53.1 Å². The van der Waals surface area contributed by atoms with E-state index in [-0.39, 0.29) is 5.91 Å². The van der Waals surface area contributed by atoms with Crippen LogP contribution in [0.25, 0.3) is 22.5 Å². The highest BCUT2D eigenvalue weighted by atomic mass is 16.3. The maximum atomic E-state index is 13.0. The Morgan fingerprint density at radius 3 is 2.70 bits per heavy atom. The zero-order valence-electron chi connectivity index (χ0n) is 14.7. The summed E-state index contributed by atoms with van der Waals surface area (Å²) in [6, 6.07) is 14.0. The largest absolute Gasteiger partial charge is 0.463 e. The Labute approximate surface area is 154 Å². The molecule has 7 heteroatoms. The van der Waals surface area contributed by atoms with E-state index in [1.165, 1.54) is 0 Å². The number of nitrogens with one attached hydrogen (secondary N) is 1. The summed E-state index contributed by atoms with van der Waals surface area (Å²) in [6.07, 6.45) is 1.56. The van der Waals surface area contributed by atoms with Crippen molar-refractivity contribution in [2.45, 2.75) is 6.92 Å². The summed E-state index contributed by atoms with van der Waals surface area (Å²) in [6.45, 7) is 1.84. The third kappa shape index (κ3) is 2.93. The molecule has 4 rings (SSSR count). The number of benzene rings is 1. The quantitative estimate of drug-likeness (QED) is 0.603. The van der Waals surface area contributed by atoms with Crippen molar-refractivity contribution in [2.75, 3.05) is 5.32 Å². The maximum Gasteiger partial charge on any atom is 0.256 e. The molecule has 0 radical (unpaired) electrons. The Hall–Kier alpha value is -3.92. The number of carbonyl (C=O) groups excluding carboxylic acids is 1. The van der Waals surface area contributed by atoms with Gasteiger partial charge in [0.15, 0.2) is 11.4 Å². The molecule has 0 aliphatic rings. The minimum absolute atomic E-state index is 0.281. The fourth-order valence-electron chi connectivity index (χ4n) is 3.00. The first-order chi connectivity index (χ1) is 13.1. The van der Waals surface area contributed by atoms with Crippen LogP contribution in [0.1, 0.15) is 21.6 Å². The number of rotatable bonds is 3. The minimum Gasteiger partial charge on any atom is -0.463 e. The van der Waals surface area contributed by atoms with Crippen LogP contribution in [0.5, 0.6) is 0 Å². The minimum atomic E-state index is -0.281. The van der Waals surface area contributed by atoms with Gasteiger partial charge < -0.3 is 9.73 Å². The molecule has 1 aromatic carbocycles. The van der Waals surface area contributed by atoms with E-state index < -0.39 is 0 Å². The standard InChI is InChI=1S/C20H15N5O2/c1-12-18-15(20(26)22-14-7-5-13(11-21)6-8-14)10-16(17-4-3-9-27-17)23-19(18)25(2)24-12/h3-10H,1-2H3,(H,22,26). The summed E-state index contributed by atoms with van der Waals surface area (Å²) in [5.74, 6) is 0.291. The molecule has 3 aromatic heterocycles. The number of nitrogens with zero attached hydrogens (tertiary/aromatic N) is 4. The van der Waals surface area contributed by atoms with E-state index in [0.29, 0.717) is 39.3 Å². The van der Waals surface area contributed by atoms with E-state index >= 15 is 0 Å². The highest BCUT2D eigenvalue weighted by Crippen LogP contribution is 2.27. The maximum absolute atomic E-state index is 13.0. The Morgan fingerprint density at radius 1 is 1.26 bits per heavy atom. The highest BCUT2D eigenvalue weighted by Gasteiger charge is 2.20. The van der Waals surface area contributed by atoms with Crippen LogP contribution in [-0.4, -0.2) is 20.7 Å². The van der Waals surface area contributed by atoms with Crippen LogP contribution in [0.2, 0.25) is 0 Å². The number of anilines is 1. The van der Waals surface area contributed by atoms with E-state index in [4.69, 9.17) is 9.68 Å². The van der Waals surface area contributed by atoms with Gasteiger partial charge in [-0.1, -0.05) is 0 Å². The molecular weight excluding hydrogens is 342 g/mol. The molecule has 0 spiro atoms. The number of hydrogen-bond donors (Lipinski definition) is 1. The number of carbonyl (C=O) groups is 1. The van der Waals surface area contributed by atoms with E-state index in [1.807, 2.05) is 6.92 Å².